The molecule has 0 aliphatic rings. The second kappa shape index (κ2) is 9.18. The van der Waals surface area contributed by atoms with Crippen LogP contribution < -0.4 is 5.32 Å². The third-order valence-corrected chi connectivity index (χ3v) is 7.41. The molecule has 4 rings (SSSR count). The average molecular weight is 467 g/mol. The number of halogens is 1. The molecular formula is C25H23ClN2O3S. The highest BCUT2D eigenvalue weighted by atomic mass is 35.5. The summed E-state index contributed by atoms with van der Waals surface area (Å²) >= 11 is 6.18. The van der Waals surface area contributed by atoms with Gasteiger partial charge in [0.2, 0.25) is 5.91 Å². The molecule has 0 bridgehead atoms. The van der Waals surface area contributed by atoms with Gasteiger partial charge in [-0.1, -0.05) is 67.1 Å². The number of para-hydroxylation sites is 1. The van der Waals surface area contributed by atoms with Crippen molar-refractivity contribution in [3.63, 3.8) is 0 Å². The number of aryl methyl sites for hydroxylation is 1. The third-order valence-electron chi connectivity index (χ3n) is 5.35. The number of carbonyl (C=O) groups excluding carboxylic acids is 1. The smallest absolute Gasteiger partial charge is 0.244 e. The number of rotatable bonds is 7. The van der Waals surface area contributed by atoms with Crippen LogP contribution in [0.5, 0.6) is 0 Å². The fourth-order valence-corrected chi connectivity index (χ4v) is 5.56. The first kappa shape index (κ1) is 22.1. The van der Waals surface area contributed by atoms with Crippen molar-refractivity contribution < 1.29 is 13.2 Å². The predicted molar refractivity (Wildman–Crippen MR) is 129 cm³/mol. The van der Waals surface area contributed by atoms with E-state index in [1.54, 1.807) is 41.0 Å². The number of nitrogens with zero attached hydrogens (tertiary/aromatic N) is 1. The molecular weight excluding hydrogens is 444 g/mol. The number of nitrogens with one attached hydrogen (secondary N) is 1. The van der Waals surface area contributed by atoms with Gasteiger partial charge in [0.1, 0.15) is 6.54 Å². The lowest BCUT2D eigenvalue weighted by molar-refractivity contribution is -0.116. The monoisotopic (exact) mass is 466 g/mol. The molecule has 7 heteroatoms. The van der Waals surface area contributed by atoms with Crippen molar-refractivity contribution in [2.45, 2.75) is 30.5 Å². The Labute approximate surface area is 192 Å². The van der Waals surface area contributed by atoms with Crippen LogP contribution in [0, 0.1) is 0 Å². The highest BCUT2D eigenvalue weighted by Gasteiger charge is 2.23. The zero-order valence-corrected chi connectivity index (χ0v) is 19.2. The van der Waals surface area contributed by atoms with Gasteiger partial charge in [0.05, 0.1) is 10.6 Å². The molecule has 0 radical (unpaired) electrons. The summed E-state index contributed by atoms with van der Waals surface area (Å²) in [5, 5.41) is 3.87. The molecule has 0 fully saturated rings. The minimum Gasteiger partial charge on any atom is -0.337 e. The first-order valence-electron chi connectivity index (χ1n) is 10.3. The minimum atomic E-state index is -3.68. The fourth-order valence-electron chi connectivity index (χ4n) is 3.67. The van der Waals surface area contributed by atoms with Crippen molar-refractivity contribution in [3.05, 3.63) is 95.1 Å². The first-order chi connectivity index (χ1) is 15.4. The molecule has 0 spiro atoms. The summed E-state index contributed by atoms with van der Waals surface area (Å²) < 4.78 is 28.2. The van der Waals surface area contributed by atoms with Gasteiger partial charge in [0.15, 0.2) is 9.84 Å². The quantitative estimate of drug-likeness (QED) is 0.392. The van der Waals surface area contributed by atoms with Crippen LogP contribution in [0.15, 0.2) is 83.9 Å². The molecule has 3 aromatic carbocycles. The number of fused-ring (bicyclic) bond motifs is 1. The van der Waals surface area contributed by atoms with Gasteiger partial charge in [-0.05, 0) is 41.8 Å². The first-order valence-corrected chi connectivity index (χ1v) is 12.3. The summed E-state index contributed by atoms with van der Waals surface area (Å²) in [7, 11) is -3.68. The predicted octanol–water partition coefficient (Wildman–Crippen LogP) is 5.47. The molecule has 1 amide bonds. The van der Waals surface area contributed by atoms with E-state index in [2.05, 4.69) is 12.2 Å². The van der Waals surface area contributed by atoms with E-state index in [9.17, 15) is 13.2 Å². The number of hydrogen-bond donors (Lipinski definition) is 1. The topological polar surface area (TPSA) is 68.2 Å². The molecule has 1 aromatic heterocycles. The molecule has 0 unspecified atom stereocenters. The summed E-state index contributed by atoms with van der Waals surface area (Å²) in [6.45, 7) is 2.07. The fraction of sp³-hybridized carbons (Fsp3) is 0.160. The van der Waals surface area contributed by atoms with E-state index in [4.69, 9.17) is 11.6 Å². The third kappa shape index (κ3) is 4.71. The lowest BCUT2D eigenvalue weighted by Gasteiger charge is -2.08. The Balaban J connectivity index is 1.62. The van der Waals surface area contributed by atoms with E-state index >= 15 is 0 Å². The average Bonchev–Trinajstić information content (AvgIpc) is 3.15. The van der Waals surface area contributed by atoms with Gasteiger partial charge in [-0.2, -0.15) is 0 Å². The second-order valence-electron chi connectivity index (χ2n) is 7.59. The van der Waals surface area contributed by atoms with Gasteiger partial charge >= 0.3 is 0 Å². The number of carbonyl (C=O) groups is 1. The van der Waals surface area contributed by atoms with Gasteiger partial charge < -0.3 is 9.88 Å². The van der Waals surface area contributed by atoms with E-state index in [0.717, 1.165) is 6.42 Å². The molecule has 1 heterocycles. The standard InChI is InChI=1S/C25H23ClN2O3S/c1-2-18-11-13-20(14-12-18)27-25(29)16-28-15-24(21-8-4-6-10-23(21)28)32(30,31)17-19-7-3-5-9-22(19)26/h3-15H,2,16-17H2,1H3,(H,27,29). The number of aromatic nitrogens is 1. The lowest BCUT2D eigenvalue weighted by atomic mass is 10.1. The van der Waals surface area contributed by atoms with Crippen molar-refractivity contribution in [1.82, 2.24) is 4.57 Å². The number of sulfone groups is 1. The van der Waals surface area contributed by atoms with Crippen molar-refractivity contribution in [1.29, 1.82) is 0 Å². The molecule has 0 aliphatic heterocycles. The van der Waals surface area contributed by atoms with Crippen LogP contribution in [0.4, 0.5) is 5.69 Å². The molecule has 0 atom stereocenters. The molecule has 5 nitrogen and oxygen atoms in total. The van der Waals surface area contributed by atoms with Crippen LogP contribution in [0.1, 0.15) is 18.1 Å². The maximum absolute atomic E-state index is 13.2. The Morgan fingerprint density at radius 1 is 0.969 bits per heavy atom. The van der Waals surface area contributed by atoms with Gasteiger partial charge in [0.25, 0.3) is 0 Å². The Morgan fingerprint density at radius 2 is 1.66 bits per heavy atom. The number of benzene rings is 3. The summed E-state index contributed by atoms with van der Waals surface area (Å²) in [4.78, 5) is 12.9. The van der Waals surface area contributed by atoms with Crippen molar-refractivity contribution in [2.24, 2.45) is 0 Å². The highest BCUT2D eigenvalue weighted by molar-refractivity contribution is 7.90. The molecule has 32 heavy (non-hydrogen) atoms. The van der Waals surface area contributed by atoms with E-state index in [1.165, 1.54) is 11.8 Å². The maximum Gasteiger partial charge on any atom is 0.244 e. The lowest BCUT2D eigenvalue weighted by Crippen LogP contribution is -2.18. The van der Waals surface area contributed by atoms with Crippen molar-refractivity contribution in [3.8, 4) is 0 Å². The van der Waals surface area contributed by atoms with E-state index < -0.39 is 9.84 Å². The van der Waals surface area contributed by atoms with E-state index in [1.807, 2.05) is 36.4 Å². The summed E-state index contributed by atoms with van der Waals surface area (Å²) in [6.07, 6.45) is 2.46. The largest absolute Gasteiger partial charge is 0.337 e. The summed E-state index contributed by atoms with van der Waals surface area (Å²) in [5.41, 5.74) is 3.11. The molecule has 0 saturated heterocycles. The van der Waals surface area contributed by atoms with E-state index in [0.29, 0.717) is 27.2 Å². The van der Waals surface area contributed by atoms with Gasteiger partial charge in [-0.15, -0.1) is 0 Å². The zero-order valence-electron chi connectivity index (χ0n) is 17.6. The highest BCUT2D eigenvalue weighted by Crippen LogP contribution is 2.29. The van der Waals surface area contributed by atoms with Crippen molar-refractivity contribution in [2.75, 3.05) is 5.32 Å². The SMILES string of the molecule is CCc1ccc(NC(=O)Cn2cc(S(=O)(=O)Cc3ccccc3Cl)c3ccccc32)cc1. The van der Waals surface area contributed by atoms with Crippen LogP contribution in [-0.4, -0.2) is 18.9 Å². The van der Waals surface area contributed by atoms with Crippen LogP contribution in [0.2, 0.25) is 5.02 Å². The Kier molecular flexibility index (Phi) is 6.35. The zero-order chi connectivity index (χ0) is 22.7. The van der Waals surface area contributed by atoms with Gasteiger partial charge in [-0.3, -0.25) is 4.79 Å². The molecule has 4 aromatic rings. The van der Waals surface area contributed by atoms with Gasteiger partial charge in [-0.25, -0.2) is 8.42 Å². The van der Waals surface area contributed by atoms with Crippen LogP contribution in [0.3, 0.4) is 0 Å². The van der Waals surface area contributed by atoms with Crippen LogP contribution in [-0.2, 0) is 33.4 Å². The minimum absolute atomic E-state index is 0.00233. The number of anilines is 1. The summed E-state index contributed by atoms with van der Waals surface area (Å²) in [6, 6.07) is 21.8. The Morgan fingerprint density at radius 3 is 2.38 bits per heavy atom. The van der Waals surface area contributed by atoms with E-state index in [-0.39, 0.29) is 23.1 Å². The van der Waals surface area contributed by atoms with Gasteiger partial charge in [0, 0.05) is 27.8 Å². The second-order valence-corrected chi connectivity index (χ2v) is 9.95. The van der Waals surface area contributed by atoms with Crippen LogP contribution in [0.25, 0.3) is 10.9 Å². The van der Waals surface area contributed by atoms with Crippen LogP contribution >= 0.6 is 11.6 Å². The Bertz CT molecular complexity index is 1380. The molecule has 1 N–H and O–H groups in total. The molecule has 0 aliphatic carbocycles. The van der Waals surface area contributed by atoms with Crippen molar-refractivity contribution >= 4 is 43.9 Å². The molecule has 0 saturated carbocycles. The summed E-state index contributed by atoms with van der Waals surface area (Å²) in [5.74, 6) is -0.443. The number of hydrogen-bond acceptors (Lipinski definition) is 3. The number of amides is 1. The Hall–Kier alpha value is -3.09. The normalized spacial score (nSPS) is 11.6. The maximum atomic E-state index is 13.2. The molecule has 164 valence electrons.